The van der Waals surface area contributed by atoms with Gasteiger partial charge in [0.1, 0.15) is 0 Å². The number of benzene rings is 1. The van der Waals surface area contributed by atoms with E-state index < -0.39 is 0 Å². The first-order chi connectivity index (χ1) is 9.56. The Bertz CT molecular complexity index is 607. The second-order valence-electron chi connectivity index (χ2n) is 4.81. The van der Waals surface area contributed by atoms with E-state index in [4.69, 9.17) is 10.5 Å². The summed E-state index contributed by atoms with van der Waals surface area (Å²) in [4.78, 5) is 0. The first-order valence-corrected chi connectivity index (χ1v) is 6.62. The normalized spacial score (nSPS) is 10.8. The zero-order valence-electron chi connectivity index (χ0n) is 12.1. The summed E-state index contributed by atoms with van der Waals surface area (Å²) in [5.41, 5.74) is 9.72. The minimum atomic E-state index is -0.353. The molecule has 0 aliphatic rings. The highest BCUT2D eigenvalue weighted by molar-refractivity contribution is 5.30. The topological polar surface area (TPSA) is 53.1 Å². The lowest BCUT2D eigenvalue weighted by atomic mass is 10.1. The molecule has 2 rings (SSSR count). The van der Waals surface area contributed by atoms with Gasteiger partial charge >= 0.3 is 0 Å². The molecule has 0 fully saturated rings. The molecule has 0 spiro atoms. The van der Waals surface area contributed by atoms with Gasteiger partial charge in [-0.1, -0.05) is 6.07 Å². The molecule has 0 bridgehead atoms. The summed E-state index contributed by atoms with van der Waals surface area (Å²) in [6.45, 7) is 5.14. The monoisotopic (exact) mass is 277 g/mol. The molecule has 0 amide bonds. The zero-order valence-corrected chi connectivity index (χ0v) is 12.1. The second kappa shape index (κ2) is 6.05. The molecule has 0 unspecified atom stereocenters. The van der Waals surface area contributed by atoms with Gasteiger partial charge in [-0.05, 0) is 50.1 Å². The Morgan fingerprint density at radius 2 is 2.10 bits per heavy atom. The maximum Gasteiger partial charge on any atom is 0.165 e. The Morgan fingerprint density at radius 1 is 1.35 bits per heavy atom. The van der Waals surface area contributed by atoms with E-state index in [0.717, 1.165) is 23.4 Å². The van der Waals surface area contributed by atoms with Crippen LogP contribution in [0.1, 0.15) is 22.5 Å². The van der Waals surface area contributed by atoms with E-state index in [9.17, 15) is 4.39 Å². The van der Waals surface area contributed by atoms with Gasteiger partial charge in [-0.3, -0.25) is 4.68 Å². The summed E-state index contributed by atoms with van der Waals surface area (Å²) >= 11 is 0. The van der Waals surface area contributed by atoms with Gasteiger partial charge in [0, 0.05) is 5.69 Å². The molecule has 0 atom stereocenters. The fourth-order valence-electron chi connectivity index (χ4n) is 2.38. The smallest absolute Gasteiger partial charge is 0.165 e. The van der Waals surface area contributed by atoms with Crippen molar-refractivity contribution in [1.29, 1.82) is 0 Å². The Morgan fingerprint density at radius 3 is 2.70 bits per heavy atom. The van der Waals surface area contributed by atoms with Crippen LogP contribution in [-0.4, -0.2) is 23.4 Å². The summed E-state index contributed by atoms with van der Waals surface area (Å²) in [7, 11) is 1.46. The number of hydrogen-bond donors (Lipinski definition) is 1. The van der Waals surface area contributed by atoms with Crippen molar-refractivity contribution >= 4 is 0 Å². The van der Waals surface area contributed by atoms with Gasteiger partial charge in [-0.25, -0.2) is 4.39 Å². The molecule has 0 aliphatic carbocycles. The predicted molar refractivity (Wildman–Crippen MR) is 76.5 cm³/mol. The molecule has 20 heavy (non-hydrogen) atoms. The van der Waals surface area contributed by atoms with Crippen LogP contribution in [0.4, 0.5) is 4.39 Å². The van der Waals surface area contributed by atoms with Crippen molar-refractivity contribution in [2.75, 3.05) is 13.7 Å². The quantitative estimate of drug-likeness (QED) is 0.911. The van der Waals surface area contributed by atoms with Crippen LogP contribution in [0.25, 0.3) is 0 Å². The third-order valence-electron chi connectivity index (χ3n) is 3.47. The van der Waals surface area contributed by atoms with E-state index >= 15 is 0 Å². The summed E-state index contributed by atoms with van der Waals surface area (Å²) in [5, 5.41) is 4.50. The minimum Gasteiger partial charge on any atom is -0.494 e. The number of aryl methyl sites for hydroxylation is 1. The fraction of sp³-hybridized carbons (Fsp3) is 0.400. The lowest BCUT2D eigenvalue weighted by Gasteiger charge is -2.07. The second-order valence-corrected chi connectivity index (χ2v) is 4.81. The van der Waals surface area contributed by atoms with Gasteiger partial charge in [0.25, 0.3) is 0 Å². The first kappa shape index (κ1) is 14.5. The molecular formula is C15H20FN3O. The molecule has 2 N–H and O–H groups in total. The number of hydrogen-bond acceptors (Lipinski definition) is 3. The van der Waals surface area contributed by atoms with E-state index in [1.165, 1.54) is 18.7 Å². The number of nitrogens with two attached hydrogens (primary N) is 1. The third-order valence-corrected chi connectivity index (χ3v) is 3.47. The van der Waals surface area contributed by atoms with Crippen molar-refractivity contribution in [3.8, 4) is 5.75 Å². The highest BCUT2D eigenvalue weighted by Gasteiger charge is 2.11. The van der Waals surface area contributed by atoms with Crippen LogP contribution in [0.15, 0.2) is 18.2 Å². The molecule has 0 aliphatic heterocycles. The maximum absolute atomic E-state index is 13.7. The average molecular weight is 277 g/mol. The zero-order chi connectivity index (χ0) is 14.7. The van der Waals surface area contributed by atoms with Gasteiger partial charge in [0.15, 0.2) is 11.6 Å². The van der Waals surface area contributed by atoms with E-state index in [0.29, 0.717) is 13.1 Å². The van der Waals surface area contributed by atoms with Crippen LogP contribution in [0.5, 0.6) is 5.75 Å². The minimum absolute atomic E-state index is 0.255. The van der Waals surface area contributed by atoms with Crippen molar-refractivity contribution in [3.05, 3.63) is 46.5 Å². The van der Waals surface area contributed by atoms with Gasteiger partial charge in [-0.15, -0.1) is 0 Å². The van der Waals surface area contributed by atoms with Gasteiger partial charge in [-0.2, -0.15) is 5.10 Å². The largest absolute Gasteiger partial charge is 0.494 e. The fourth-order valence-corrected chi connectivity index (χ4v) is 2.38. The Balaban J connectivity index is 2.26. The van der Waals surface area contributed by atoms with Crippen molar-refractivity contribution in [2.24, 2.45) is 5.73 Å². The summed E-state index contributed by atoms with van der Waals surface area (Å²) in [6.07, 6.45) is 0.814. The maximum atomic E-state index is 13.7. The number of rotatable bonds is 5. The molecule has 1 aromatic heterocycles. The van der Waals surface area contributed by atoms with E-state index in [1.807, 2.05) is 24.6 Å². The van der Waals surface area contributed by atoms with Crippen LogP contribution in [0.3, 0.4) is 0 Å². The Kier molecular flexibility index (Phi) is 4.39. The molecule has 4 nitrogen and oxygen atoms in total. The number of halogens is 1. The van der Waals surface area contributed by atoms with Crippen LogP contribution in [-0.2, 0) is 13.0 Å². The van der Waals surface area contributed by atoms with E-state index in [-0.39, 0.29) is 11.6 Å². The molecule has 1 heterocycles. The lowest BCUT2D eigenvalue weighted by molar-refractivity contribution is 0.386. The van der Waals surface area contributed by atoms with E-state index in [1.54, 1.807) is 6.07 Å². The molecule has 1 aromatic carbocycles. The highest BCUT2D eigenvalue weighted by Crippen LogP contribution is 2.20. The molecule has 0 saturated carbocycles. The molecule has 0 saturated heterocycles. The number of aromatic nitrogens is 2. The molecule has 5 heteroatoms. The van der Waals surface area contributed by atoms with Gasteiger partial charge in [0.2, 0.25) is 0 Å². The number of ether oxygens (including phenoxy) is 1. The van der Waals surface area contributed by atoms with Crippen LogP contribution >= 0.6 is 0 Å². The predicted octanol–water partition coefficient (Wildman–Crippen LogP) is 2.20. The molecule has 108 valence electrons. The summed E-state index contributed by atoms with van der Waals surface area (Å²) in [5.74, 6) is -0.0975. The highest BCUT2D eigenvalue weighted by atomic mass is 19.1. The van der Waals surface area contributed by atoms with Gasteiger partial charge < -0.3 is 10.5 Å². The third kappa shape index (κ3) is 2.82. The van der Waals surface area contributed by atoms with Crippen LogP contribution < -0.4 is 10.5 Å². The lowest BCUT2D eigenvalue weighted by Crippen LogP contribution is -2.07. The number of methoxy groups -OCH3 is 1. The van der Waals surface area contributed by atoms with Crippen molar-refractivity contribution < 1.29 is 9.13 Å². The van der Waals surface area contributed by atoms with Crippen LogP contribution in [0.2, 0.25) is 0 Å². The standard InChI is InChI=1S/C15H20FN3O/c1-10-13(6-7-17)11(2)19(18-10)9-12-4-5-15(20-3)14(16)8-12/h4-5,8H,6-7,9,17H2,1-3H3. The Labute approximate surface area is 118 Å². The molecule has 2 aromatic rings. The molecular weight excluding hydrogens is 257 g/mol. The van der Waals surface area contributed by atoms with Crippen molar-refractivity contribution in [3.63, 3.8) is 0 Å². The Hall–Kier alpha value is -1.88. The molecule has 0 radical (unpaired) electrons. The van der Waals surface area contributed by atoms with Crippen LogP contribution in [0, 0.1) is 19.7 Å². The van der Waals surface area contributed by atoms with Crippen molar-refractivity contribution in [2.45, 2.75) is 26.8 Å². The van der Waals surface area contributed by atoms with Crippen molar-refractivity contribution in [1.82, 2.24) is 9.78 Å². The number of nitrogens with zero attached hydrogens (tertiary/aromatic N) is 2. The summed E-state index contributed by atoms with van der Waals surface area (Å²) in [6, 6.07) is 4.97. The summed E-state index contributed by atoms with van der Waals surface area (Å²) < 4.78 is 20.5. The SMILES string of the molecule is COc1ccc(Cn2nc(C)c(CCN)c2C)cc1F. The first-order valence-electron chi connectivity index (χ1n) is 6.62. The average Bonchev–Trinajstić information content (AvgIpc) is 2.67. The van der Waals surface area contributed by atoms with E-state index in [2.05, 4.69) is 5.10 Å². The van der Waals surface area contributed by atoms with Gasteiger partial charge in [0.05, 0.1) is 19.3 Å².